The van der Waals surface area contributed by atoms with Gasteiger partial charge >= 0.3 is 0 Å². The zero-order valence-electron chi connectivity index (χ0n) is 13.4. The number of benzene rings is 2. The average molecular weight is 388 g/mol. The van der Waals surface area contributed by atoms with Crippen LogP contribution in [0.25, 0.3) is 11.8 Å². The monoisotopic (exact) mass is 387 g/mol. The summed E-state index contributed by atoms with van der Waals surface area (Å²) in [6, 6.07) is 15.8. The van der Waals surface area contributed by atoms with Gasteiger partial charge in [-0.25, -0.2) is 0 Å². The van der Waals surface area contributed by atoms with Crippen LogP contribution in [0.15, 0.2) is 59.0 Å². The van der Waals surface area contributed by atoms with Crippen molar-refractivity contribution in [2.24, 2.45) is 0 Å². The fraction of sp³-hybridized carbons (Fsp3) is 0.0556. The van der Waals surface area contributed by atoms with Gasteiger partial charge in [0, 0.05) is 10.6 Å². The van der Waals surface area contributed by atoms with Crippen molar-refractivity contribution in [1.82, 2.24) is 15.1 Å². The number of hydrogen-bond acceptors (Lipinski definition) is 5. The number of hydrogen-bond donors (Lipinski definition) is 2. The molecule has 2 N–H and O–H groups in total. The number of aromatic nitrogens is 2. The maximum Gasteiger partial charge on any atom is 0.289 e. The molecule has 0 bridgehead atoms. The smallest absolute Gasteiger partial charge is 0.289 e. The van der Waals surface area contributed by atoms with Gasteiger partial charge in [-0.3, -0.25) is 4.79 Å². The second kappa shape index (κ2) is 8.09. The summed E-state index contributed by atoms with van der Waals surface area (Å²) in [5.41, 5.74) is 1.56. The number of nitrogens with zero attached hydrogens (tertiary/aromatic N) is 2. The van der Waals surface area contributed by atoms with E-state index in [0.717, 1.165) is 10.2 Å². The van der Waals surface area contributed by atoms with Crippen molar-refractivity contribution in [3.8, 4) is 0 Å². The maximum atomic E-state index is 12.5. The molecule has 0 atom stereocenters. The third kappa shape index (κ3) is 4.26. The molecule has 0 spiro atoms. The zero-order chi connectivity index (χ0) is 18.5. The van der Waals surface area contributed by atoms with E-state index in [9.17, 15) is 9.90 Å². The van der Waals surface area contributed by atoms with E-state index in [1.807, 2.05) is 6.07 Å². The highest BCUT2D eigenvalue weighted by Crippen LogP contribution is 2.18. The van der Waals surface area contributed by atoms with Crippen LogP contribution in [0.3, 0.4) is 0 Å². The van der Waals surface area contributed by atoms with Crippen LogP contribution in [0.2, 0.25) is 5.02 Å². The molecule has 0 aliphatic heterocycles. The van der Waals surface area contributed by atoms with Crippen LogP contribution < -0.4 is 5.32 Å². The highest BCUT2D eigenvalue weighted by atomic mass is 35.5. The van der Waals surface area contributed by atoms with Crippen molar-refractivity contribution in [3.05, 3.63) is 81.5 Å². The normalized spacial score (nSPS) is 11.4. The quantitative estimate of drug-likeness (QED) is 0.652. The number of carbonyl (C=O) groups excluding carboxylic acids is 1. The number of aliphatic hydroxyl groups is 1. The summed E-state index contributed by atoms with van der Waals surface area (Å²) in [4.78, 5) is 12.5. The van der Waals surface area contributed by atoms with Crippen molar-refractivity contribution in [2.75, 3.05) is 0 Å². The van der Waals surface area contributed by atoms with E-state index >= 15 is 0 Å². The molecule has 1 heterocycles. The molecule has 1 aromatic heterocycles. The molecule has 0 aliphatic rings. The number of rotatable bonds is 5. The molecule has 8 heteroatoms. The van der Waals surface area contributed by atoms with Crippen molar-refractivity contribution >= 4 is 41.5 Å². The molecule has 3 rings (SSSR count). The van der Waals surface area contributed by atoms with Crippen LogP contribution in [-0.2, 0) is 6.73 Å². The van der Waals surface area contributed by atoms with E-state index in [1.165, 1.54) is 0 Å². The topological polar surface area (TPSA) is 80.3 Å². The van der Waals surface area contributed by atoms with E-state index in [2.05, 4.69) is 10.4 Å². The molecular weight excluding hydrogens is 374 g/mol. The number of amides is 1. The molecule has 0 aliphatic carbocycles. The summed E-state index contributed by atoms with van der Waals surface area (Å²) in [6.07, 6.45) is 1.68. The summed E-state index contributed by atoms with van der Waals surface area (Å²) in [7, 11) is 0. The van der Waals surface area contributed by atoms with Gasteiger partial charge in [-0.1, -0.05) is 41.9 Å². The van der Waals surface area contributed by atoms with Gasteiger partial charge in [0.05, 0.1) is 0 Å². The lowest BCUT2D eigenvalue weighted by Gasteiger charge is -2.07. The fourth-order valence-electron chi connectivity index (χ4n) is 2.17. The molecule has 6 nitrogen and oxygen atoms in total. The lowest BCUT2D eigenvalue weighted by molar-refractivity contribution is 0.0973. The first kappa shape index (κ1) is 18.1. The minimum atomic E-state index is -0.427. The third-order valence-corrected chi connectivity index (χ3v) is 3.98. The first-order chi connectivity index (χ1) is 12.6. The summed E-state index contributed by atoms with van der Waals surface area (Å²) in [5.74, 6) is -0.242. The van der Waals surface area contributed by atoms with E-state index in [1.54, 1.807) is 54.6 Å². The highest BCUT2D eigenvalue weighted by molar-refractivity contribution is 7.71. The van der Waals surface area contributed by atoms with Gasteiger partial charge in [0.15, 0.2) is 0 Å². The van der Waals surface area contributed by atoms with Crippen LogP contribution in [0.5, 0.6) is 0 Å². The van der Waals surface area contributed by atoms with Gasteiger partial charge in [0.25, 0.3) is 16.6 Å². The van der Waals surface area contributed by atoms with Gasteiger partial charge in [-0.2, -0.15) is 4.68 Å². The van der Waals surface area contributed by atoms with Crippen LogP contribution in [0.1, 0.15) is 21.8 Å². The van der Waals surface area contributed by atoms with Crippen LogP contribution in [-0.4, -0.2) is 20.8 Å². The summed E-state index contributed by atoms with van der Waals surface area (Å²) < 4.78 is 6.50. The molecule has 0 radical (unpaired) electrons. The maximum absolute atomic E-state index is 12.5. The Balaban J connectivity index is 1.99. The Morgan fingerprint density at radius 2 is 1.92 bits per heavy atom. The molecular formula is C18H14ClN3O3S. The van der Waals surface area contributed by atoms with Crippen LogP contribution in [0.4, 0.5) is 0 Å². The minimum absolute atomic E-state index is 0.00142. The van der Waals surface area contributed by atoms with Gasteiger partial charge in [0.1, 0.15) is 12.4 Å². The fourth-order valence-corrected chi connectivity index (χ4v) is 2.47. The van der Waals surface area contributed by atoms with E-state index in [0.29, 0.717) is 16.3 Å². The lowest BCUT2D eigenvalue weighted by Crippen LogP contribution is -2.22. The molecule has 26 heavy (non-hydrogen) atoms. The standard InChI is InChI=1S/C18H14ClN3O3S/c19-14-8-6-12(7-9-14)10-15(17-21-22(11-23)18(26)25-17)20-16(24)13-4-2-1-3-5-13/h1-10,23H,11H2,(H,20,24)/b15-10-. The minimum Gasteiger partial charge on any atom is -0.408 e. The number of carbonyl (C=O) groups is 1. The van der Waals surface area contributed by atoms with E-state index < -0.39 is 6.73 Å². The molecule has 0 saturated heterocycles. The van der Waals surface area contributed by atoms with Gasteiger partial charge in [-0.05, 0) is 48.1 Å². The zero-order valence-corrected chi connectivity index (χ0v) is 15.0. The molecule has 2 aromatic carbocycles. The summed E-state index contributed by atoms with van der Waals surface area (Å²) >= 11 is 10.9. The van der Waals surface area contributed by atoms with E-state index in [4.69, 9.17) is 28.2 Å². The molecule has 0 fully saturated rings. The Labute approximate surface area is 159 Å². The predicted octanol–water partition coefficient (Wildman–Crippen LogP) is 3.74. The third-order valence-electron chi connectivity index (χ3n) is 3.44. The molecule has 132 valence electrons. The Kier molecular flexibility index (Phi) is 5.62. The van der Waals surface area contributed by atoms with Crippen LogP contribution >= 0.6 is 23.8 Å². The largest absolute Gasteiger partial charge is 0.408 e. The Morgan fingerprint density at radius 1 is 1.23 bits per heavy atom. The molecule has 3 aromatic rings. The second-order valence-corrected chi connectivity index (χ2v) is 6.03. The Hall–Kier alpha value is -2.74. The van der Waals surface area contributed by atoms with Crippen molar-refractivity contribution in [2.45, 2.75) is 6.73 Å². The SMILES string of the molecule is O=C(N/C(=C\c1ccc(Cl)cc1)c1nn(CO)c(=S)o1)c1ccccc1. The molecule has 0 saturated carbocycles. The number of halogens is 1. The first-order valence-corrected chi connectivity index (χ1v) is 8.38. The summed E-state index contributed by atoms with van der Waals surface area (Å²) in [5, 5.41) is 16.7. The Bertz CT molecular complexity index is 995. The predicted molar refractivity (Wildman–Crippen MR) is 101 cm³/mol. The number of aliphatic hydroxyl groups excluding tert-OH is 1. The number of nitrogens with one attached hydrogen (secondary N) is 1. The lowest BCUT2D eigenvalue weighted by atomic mass is 10.1. The average Bonchev–Trinajstić information content (AvgIpc) is 3.04. The van der Waals surface area contributed by atoms with E-state index in [-0.39, 0.29) is 16.6 Å². The second-order valence-electron chi connectivity index (χ2n) is 5.24. The molecule has 0 unspecified atom stereocenters. The van der Waals surface area contributed by atoms with Crippen molar-refractivity contribution < 1.29 is 14.3 Å². The van der Waals surface area contributed by atoms with Gasteiger partial charge in [-0.15, -0.1) is 5.10 Å². The highest BCUT2D eigenvalue weighted by Gasteiger charge is 2.15. The summed E-state index contributed by atoms with van der Waals surface area (Å²) in [6.45, 7) is -0.427. The van der Waals surface area contributed by atoms with Gasteiger partial charge < -0.3 is 14.8 Å². The molecule has 1 amide bonds. The van der Waals surface area contributed by atoms with Crippen molar-refractivity contribution in [3.63, 3.8) is 0 Å². The van der Waals surface area contributed by atoms with Crippen molar-refractivity contribution in [1.29, 1.82) is 0 Å². The first-order valence-electron chi connectivity index (χ1n) is 7.59. The Morgan fingerprint density at radius 3 is 2.54 bits per heavy atom. The van der Waals surface area contributed by atoms with Gasteiger partial charge in [0.2, 0.25) is 0 Å². The van der Waals surface area contributed by atoms with Crippen LogP contribution in [0, 0.1) is 4.84 Å².